The summed E-state index contributed by atoms with van der Waals surface area (Å²) in [6.07, 6.45) is 1.80. The fourth-order valence-corrected chi connectivity index (χ4v) is 2.27. The van der Waals surface area contributed by atoms with Crippen LogP contribution in [-0.2, 0) is 6.54 Å². The first kappa shape index (κ1) is 13.2. The zero-order valence-corrected chi connectivity index (χ0v) is 11.5. The van der Waals surface area contributed by atoms with Crippen molar-refractivity contribution >= 4 is 16.5 Å². The molecule has 0 saturated carbocycles. The summed E-state index contributed by atoms with van der Waals surface area (Å²) in [6.45, 7) is 0.917. The first-order valence-corrected chi connectivity index (χ1v) is 6.80. The van der Waals surface area contributed by atoms with Crippen LogP contribution < -0.4 is 16.0 Å². The van der Waals surface area contributed by atoms with Crippen LogP contribution in [0.5, 0.6) is 5.75 Å². The third-order valence-electron chi connectivity index (χ3n) is 3.35. The Morgan fingerprint density at radius 1 is 1.05 bits per heavy atom. The number of benzene rings is 2. The monoisotopic (exact) mass is 280 g/mol. The van der Waals surface area contributed by atoms with E-state index in [9.17, 15) is 4.79 Å². The van der Waals surface area contributed by atoms with E-state index in [0.29, 0.717) is 24.6 Å². The predicted octanol–water partition coefficient (Wildman–Crippen LogP) is 2.66. The van der Waals surface area contributed by atoms with Gasteiger partial charge in [0.05, 0.1) is 6.54 Å². The van der Waals surface area contributed by atoms with Gasteiger partial charge in [0, 0.05) is 23.3 Å². The van der Waals surface area contributed by atoms with Crippen LogP contribution in [0.3, 0.4) is 0 Å². The maximum atomic E-state index is 12.3. The smallest absolute Gasteiger partial charge is 0.258 e. The minimum Gasteiger partial charge on any atom is -0.492 e. The van der Waals surface area contributed by atoms with Gasteiger partial charge in [-0.05, 0) is 29.7 Å². The Bertz CT molecular complexity index is 824. The van der Waals surface area contributed by atoms with Crippen molar-refractivity contribution in [1.29, 1.82) is 0 Å². The van der Waals surface area contributed by atoms with Crippen molar-refractivity contribution in [3.8, 4) is 5.75 Å². The van der Waals surface area contributed by atoms with Crippen LogP contribution >= 0.6 is 0 Å². The van der Waals surface area contributed by atoms with Gasteiger partial charge in [-0.15, -0.1) is 0 Å². The SMILES string of the molecule is Nc1cccc(OCCn2ccc3ccccc3c2=O)c1. The van der Waals surface area contributed by atoms with Crippen molar-refractivity contribution in [3.63, 3.8) is 0 Å². The molecule has 0 spiro atoms. The van der Waals surface area contributed by atoms with Crippen LogP contribution in [0.25, 0.3) is 10.8 Å². The van der Waals surface area contributed by atoms with Crippen LogP contribution in [-0.4, -0.2) is 11.2 Å². The largest absolute Gasteiger partial charge is 0.492 e. The molecule has 4 heteroatoms. The average molecular weight is 280 g/mol. The molecular weight excluding hydrogens is 264 g/mol. The third-order valence-corrected chi connectivity index (χ3v) is 3.35. The Kier molecular flexibility index (Phi) is 3.60. The molecule has 0 fully saturated rings. The highest BCUT2D eigenvalue weighted by Crippen LogP contribution is 2.14. The van der Waals surface area contributed by atoms with E-state index in [1.54, 1.807) is 22.9 Å². The van der Waals surface area contributed by atoms with Crippen LogP contribution in [0, 0.1) is 0 Å². The summed E-state index contributed by atoms with van der Waals surface area (Å²) < 4.78 is 7.28. The molecule has 0 aliphatic carbocycles. The number of ether oxygens (including phenoxy) is 1. The summed E-state index contributed by atoms with van der Waals surface area (Å²) >= 11 is 0. The van der Waals surface area contributed by atoms with Gasteiger partial charge in [-0.3, -0.25) is 4.79 Å². The first-order valence-electron chi connectivity index (χ1n) is 6.80. The van der Waals surface area contributed by atoms with Crippen molar-refractivity contribution in [2.24, 2.45) is 0 Å². The number of hydrogen-bond acceptors (Lipinski definition) is 3. The summed E-state index contributed by atoms with van der Waals surface area (Å²) in [4.78, 5) is 12.3. The lowest BCUT2D eigenvalue weighted by atomic mass is 10.2. The molecule has 3 rings (SSSR count). The van der Waals surface area contributed by atoms with Gasteiger partial charge in [0.25, 0.3) is 5.56 Å². The van der Waals surface area contributed by atoms with Crippen molar-refractivity contribution in [1.82, 2.24) is 4.57 Å². The molecule has 0 amide bonds. The molecule has 0 aliphatic heterocycles. The summed E-state index contributed by atoms with van der Waals surface area (Å²) in [5.74, 6) is 0.712. The normalized spacial score (nSPS) is 10.7. The van der Waals surface area contributed by atoms with E-state index >= 15 is 0 Å². The number of aromatic nitrogens is 1. The van der Waals surface area contributed by atoms with E-state index in [-0.39, 0.29) is 5.56 Å². The minimum absolute atomic E-state index is 0.00396. The molecule has 0 aliphatic rings. The number of pyridine rings is 1. The maximum Gasteiger partial charge on any atom is 0.258 e. The van der Waals surface area contributed by atoms with Crippen molar-refractivity contribution in [2.45, 2.75) is 6.54 Å². The van der Waals surface area contributed by atoms with E-state index < -0.39 is 0 Å². The Labute approximate surface area is 122 Å². The van der Waals surface area contributed by atoms with Gasteiger partial charge in [0.15, 0.2) is 0 Å². The van der Waals surface area contributed by atoms with E-state index in [0.717, 1.165) is 10.8 Å². The summed E-state index contributed by atoms with van der Waals surface area (Å²) in [5.41, 5.74) is 6.36. The zero-order valence-electron chi connectivity index (χ0n) is 11.5. The number of rotatable bonds is 4. The van der Waals surface area contributed by atoms with Crippen LogP contribution in [0.15, 0.2) is 65.6 Å². The molecule has 3 aromatic rings. The first-order chi connectivity index (χ1) is 10.2. The second-order valence-electron chi connectivity index (χ2n) is 4.82. The highest BCUT2D eigenvalue weighted by Gasteiger charge is 2.02. The molecule has 0 saturated heterocycles. The molecule has 4 nitrogen and oxygen atoms in total. The topological polar surface area (TPSA) is 57.2 Å². The second-order valence-corrected chi connectivity index (χ2v) is 4.82. The Morgan fingerprint density at radius 2 is 1.90 bits per heavy atom. The fraction of sp³-hybridized carbons (Fsp3) is 0.118. The van der Waals surface area contributed by atoms with Gasteiger partial charge in [0.1, 0.15) is 12.4 Å². The summed E-state index contributed by atoms with van der Waals surface area (Å²) in [6, 6.07) is 16.8. The van der Waals surface area contributed by atoms with Gasteiger partial charge in [0.2, 0.25) is 0 Å². The average Bonchev–Trinajstić information content (AvgIpc) is 2.50. The lowest BCUT2D eigenvalue weighted by molar-refractivity contribution is 0.297. The molecule has 21 heavy (non-hydrogen) atoms. The van der Waals surface area contributed by atoms with E-state index in [2.05, 4.69) is 0 Å². The molecule has 0 bridgehead atoms. The second kappa shape index (κ2) is 5.71. The molecule has 1 heterocycles. The highest BCUT2D eigenvalue weighted by atomic mass is 16.5. The summed E-state index contributed by atoms with van der Waals surface area (Å²) in [5, 5.41) is 1.68. The molecular formula is C17H16N2O2. The number of nitrogens with two attached hydrogens (primary N) is 1. The van der Waals surface area contributed by atoms with E-state index in [1.165, 1.54) is 0 Å². The zero-order chi connectivity index (χ0) is 14.7. The van der Waals surface area contributed by atoms with Gasteiger partial charge >= 0.3 is 0 Å². The number of nitrogens with zero attached hydrogens (tertiary/aromatic N) is 1. The van der Waals surface area contributed by atoms with E-state index in [1.807, 2.05) is 42.5 Å². The van der Waals surface area contributed by atoms with Gasteiger partial charge < -0.3 is 15.0 Å². The van der Waals surface area contributed by atoms with E-state index in [4.69, 9.17) is 10.5 Å². The lowest BCUT2D eigenvalue weighted by Gasteiger charge is -2.09. The van der Waals surface area contributed by atoms with Crippen molar-refractivity contribution in [3.05, 3.63) is 71.1 Å². The minimum atomic E-state index is 0.00396. The van der Waals surface area contributed by atoms with Crippen LogP contribution in [0.1, 0.15) is 0 Å². The van der Waals surface area contributed by atoms with Crippen LogP contribution in [0.2, 0.25) is 0 Å². The number of hydrogen-bond donors (Lipinski definition) is 1. The number of nitrogen functional groups attached to an aromatic ring is 1. The Hall–Kier alpha value is -2.75. The van der Waals surface area contributed by atoms with Crippen molar-refractivity contribution < 1.29 is 4.74 Å². The molecule has 2 aromatic carbocycles. The third kappa shape index (κ3) is 2.89. The highest BCUT2D eigenvalue weighted by molar-refractivity contribution is 5.81. The van der Waals surface area contributed by atoms with Crippen LogP contribution in [0.4, 0.5) is 5.69 Å². The fourth-order valence-electron chi connectivity index (χ4n) is 2.27. The molecule has 0 unspecified atom stereocenters. The van der Waals surface area contributed by atoms with Gasteiger partial charge in [-0.25, -0.2) is 0 Å². The summed E-state index contributed by atoms with van der Waals surface area (Å²) in [7, 11) is 0. The number of anilines is 1. The molecule has 0 radical (unpaired) electrons. The number of fused-ring (bicyclic) bond motifs is 1. The molecule has 106 valence electrons. The molecule has 0 atom stereocenters. The lowest BCUT2D eigenvalue weighted by Crippen LogP contribution is -2.22. The molecule has 1 aromatic heterocycles. The predicted molar refractivity (Wildman–Crippen MR) is 84.6 cm³/mol. The standard InChI is InChI=1S/C17H16N2O2/c18-14-5-3-6-15(12-14)21-11-10-19-9-8-13-4-1-2-7-16(13)17(19)20/h1-9,12H,10-11,18H2. The Balaban J connectivity index is 1.74. The van der Waals surface area contributed by atoms with Gasteiger partial charge in [-0.1, -0.05) is 24.3 Å². The van der Waals surface area contributed by atoms with Crippen molar-refractivity contribution in [2.75, 3.05) is 12.3 Å². The molecule has 2 N–H and O–H groups in total. The maximum absolute atomic E-state index is 12.3. The Morgan fingerprint density at radius 3 is 2.76 bits per heavy atom. The van der Waals surface area contributed by atoms with Gasteiger partial charge in [-0.2, -0.15) is 0 Å². The quantitative estimate of drug-likeness (QED) is 0.747.